The van der Waals surface area contributed by atoms with E-state index < -0.39 is 0 Å². The number of thiophene rings is 1. The number of fused-ring (bicyclic) bond motifs is 1. The van der Waals surface area contributed by atoms with Crippen LogP contribution in [0.4, 0.5) is 0 Å². The molecule has 1 aliphatic heterocycles. The number of piperazine rings is 1. The lowest BCUT2D eigenvalue weighted by molar-refractivity contribution is 0.144. The molecule has 1 aromatic rings. The molecule has 2 nitrogen and oxygen atoms in total. The zero-order valence-corrected chi connectivity index (χ0v) is 10.7. The van der Waals surface area contributed by atoms with Gasteiger partial charge in [-0.15, -0.1) is 11.3 Å². The minimum atomic E-state index is 0.701. The van der Waals surface area contributed by atoms with Crippen molar-refractivity contribution in [2.75, 3.05) is 26.2 Å². The summed E-state index contributed by atoms with van der Waals surface area (Å²) in [5.41, 5.74) is 1.63. The van der Waals surface area contributed by atoms with E-state index in [9.17, 15) is 0 Å². The molecular weight excluding hydrogens is 216 g/mol. The van der Waals surface area contributed by atoms with Crippen molar-refractivity contribution in [2.45, 2.75) is 25.8 Å². The quantitative estimate of drug-likeness (QED) is 0.805. The van der Waals surface area contributed by atoms with Gasteiger partial charge in [-0.1, -0.05) is 6.92 Å². The lowest BCUT2D eigenvalue weighted by Gasteiger charge is -2.39. The normalized spacial score (nSPS) is 31.3. The highest BCUT2D eigenvalue weighted by molar-refractivity contribution is 7.10. The molecule has 16 heavy (non-hydrogen) atoms. The van der Waals surface area contributed by atoms with Gasteiger partial charge in [-0.05, 0) is 35.8 Å². The summed E-state index contributed by atoms with van der Waals surface area (Å²) in [5, 5.41) is 5.72. The minimum absolute atomic E-state index is 0.701. The zero-order valence-electron chi connectivity index (χ0n) is 9.91. The molecule has 1 fully saturated rings. The van der Waals surface area contributed by atoms with Gasteiger partial charge in [0.15, 0.2) is 0 Å². The molecule has 3 rings (SSSR count). The van der Waals surface area contributed by atoms with Crippen molar-refractivity contribution < 1.29 is 0 Å². The van der Waals surface area contributed by atoms with Gasteiger partial charge in [0.25, 0.3) is 0 Å². The predicted molar refractivity (Wildman–Crippen MR) is 69.0 cm³/mol. The molecule has 1 aliphatic carbocycles. The Morgan fingerprint density at radius 3 is 3.00 bits per heavy atom. The molecular formula is C13H20N2S. The highest BCUT2D eigenvalue weighted by Crippen LogP contribution is 2.39. The molecule has 2 heterocycles. The summed E-state index contributed by atoms with van der Waals surface area (Å²) in [7, 11) is 0. The third-order valence-corrected chi connectivity index (χ3v) is 4.85. The molecule has 1 saturated heterocycles. The number of nitrogens with zero attached hydrogens (tertiary/aromatic N) is 1. The zero-order chi connectivity index (χ0) is 11.0. The predicted octanol–water partition coefficient (Wildman–Crippen LogP) is 2.28. The fourth-order valence-electron chi connectivity index (χ4n) is 3.06. The van der Waals surface area contributed by atoms with Crippen LogP contribution in [0.1, 0.15) is 29.8 Å². The second kappa shape index (κ2) is 4.47. The van der Waals surface area contributed by atoms with Gasteiger partial charge in [-0.2, -0.15) is 0 Å². The molecule has 0 saturated carbocycles. The summed E-state index contributed by atoms with van der Waals surface area (Å²) < 4.78 is 0. The first-order valence-corrected chi connectivity index (χ1v) is 7.23. The summed E-state index contributed by atoms with van der Waals surface area (Å²) >= 11 is 1.95. The molecule has 2 aliphatic rings. The second-order valence-electron chi connectivity index (χ2n) is 5.15. The molecule has 3 heteroatoms. The van der Waals surface area contributed by atoms with E-state index in [0.717, 1.165) is 19.0 Å². The van der Waals surface area contributed by atoms with Crippen molar-refractivity contribution in [3.63, 3.8) is 0 Å². The van der Waals surface area contributed by atoms with Crippen LogP contribution >= 0.6 is 11.3 Å². The largest absolute Gasteiger partial charge is 0.314 e. The molecule has 1 N–H and O–H groups in total. The van der Waals surface area contributed by atoms with E-state index in [4.69, 9.17) is 0 Å². The Labute approximate surface area is 102 Å². The monoisotopic (exact) mass is 236 g/mol. The van der Waals surface area contributed by atoms with Crippen molar-refractivity contribution in [2.24, 2.45) is 5.92 Å². The fourth-order valence-corrected chi connectivity index (χ4v) is 4.16. The highest BCUT2D eigenvalue weighted by Gasteiger charge is 2.30. The van der Waals surface area contributed by atoms with Crippen LogP contribution in [0, 0.1) is 5.92 Å². The smallest absolute Gasteiger partial charge is 0.0362 e. The Morgan fingerprint density at radius 1 is 1.38 bits per heavy atom. The van der Waals surface area contributed by atoms with E-state index in [1.165, 1.54) is 25.9 Å². The van der Waals surface area contributed by atoms with Gasteiger partial charge in [0, 0.05) is 37.1 Å². The first-order chi connectivity index (χ1) is 7.84. The minimum Gasteiger partial charge on any atom is -0.314 e. The van der Waals surface area contributed by atoms with E-state index in [2.05, 4.69) is 28.6 Å². The van der Waals surface area contributed by atoms with E-state index in [-0.39, 0.29) is 0 Å². The molecule has 2 atom stereocenters. The van der Waals surface area contributed by atoms with Crippen LogP contribution in [0.5, 0.6) is 0 Å². The SMILES string of the molecule is CC1Cc2sccc2C(N2CCNCC2)C1. The van der Waals surface area contributed by atoms with Gasteiger partial charge in [0.2, 0.25) is 0 Å². The maximum Gasteiger partial charge on any atom is 0.0362 e. The molecule has 88 valence electrons. The lowest BCUT2D eigenvalue weighted by Crippen LogP contribution is -2.46. The van der Waals surface area contributed by atoms with Crippen LogP contribution in [0.2, 0.25) is 0 Å². The molecule has 0 amide bonds. The first-order valence-electron chi connectivity index (χ1n) is 6.35. The molecule has 0 radical (unpaired) electrons. The standard InChI is InChI=1S/C13H20N2S/c1-10-8-12(15-5-3-14-4-6-15)11-2-7-16-13(11)9-10/h2,7,10,12,14H,3-6,8-9H2,1H3. The van der Waals surface area contributed by atoms with Gasteiger partial charge in [-0.25, -0.2) is 0 Å². The molecule has 0 aromatic carbocycles. The van der Waals surface area contributed by atoms with Crippen LogP contribution in [-0.4, -0.2) is 31.1 Å². The Hall–Kier alpha value is -0.380. The first kappa shape index (κ1) is 10.8. The van der Waals surface area contributed by atoms with Crippen molar-refractivity contribution >= 4 is 11.3 Å². The maximum absolute atomic E-state index is 3.44. The Kier molecular flexibility index (Phi) is 3.01. The summed E-state index contributed by atoms with van der Waals surface area (Å²) in [6, 6.07) is 3.06. The number of rotatable bonds is 1. The van der Waals surface area contributed by atoms with Crippen molar-refractivity contribution in [3.8, 4) is 0 Å². The van der Waals surface area contributed by atoms with E-state index in [1.807, 2.05) is 11.3 Å². The van der Waals surface area contributed by atoms with Crippen LogP contribution in [0.3, 0.4) is 0 Å². The third kappa shape index (κ3) is 1.92. The summed E-state index contributed by atoms with van der Waals surface area (Å²) in [4.78, 5) is 4.32. The van der Waals surface area contributed by atoms with Crippen molar-refractivity contribution in [1.29, 1.82) is 0 Å². The van der Waals surface area contributed by atoms with Crippen molar-refractivity contribution in [1.82, 2.24) is 10.2 Å². The number of hydrogen-bond acceptors (Lipinski definition) is 3. The summed E-state index contributed by atoms with van der Waals surface area (Å²) in [6.07, 6.45) is 2.65. The Balaban J connectivity index is 1.84. The van der Waals surface area contributed by atoms with E-state index in [0.29, 0.717) is 6.04 Å². The topological polar surface area (TPSA) is 15.3 Å². The van der Waals surface area contributed by atoms with Crippen LogP contribution in [0.25, 0.3) is 0 Å². The van der Waals surface area contributed by atoms with Crippen LogP contribution in [-0.2, 0) is 6.42 Å². The third-order valence-electron chi connectivity index (χ3n) is 3.89. The number of hydrogen-bond donors (Lipinski definition) is 1. The van der Waals surface area contributed by atoms with Crippen LogP contribution in [0.15, 0.2) is 11.4 Å². The average Bonchev–Trinajstić information content (AvgIpc) is 2.77. The molecule has 2 unspecified atom stereocenters. The molecule has 0 spiro atoms. The lowest BCUT2D eigenvalue weighted by atomic mass is 9.85. The maximum atomic E-state index is 3.44. The van der Waals surface area contributed by atoms with Crippen molar-refractivity contribution in [3.05, 3.63) is 21.9 Å². The molecule has 1 aromatic heterocycles. The van der Waals surface area contributed by atoms with E-state index in [1.54, 1.807) is 10.4 Å². The highest BCUT2D eigenvalue weighted by atomic mass is 32.1. The average molecular weight is 236 g/mol. The fraction of sp³-hybridized carbons (Fsp3) is 0.692. The van der Waals surface area contributed by atoms with Gasteiger partial charge in [0.05, 0.1) is 0 Å². The van der Waals surface area contributed by atoms with Gasteiger partial charge in [0.1, 0.15) is 0 Å². The van der Waals surface area contributed by atoms with Gasteiger partial charge >= 0.3 is 0 Å². The van der Waals surface area contributed by atoms with Gasteiger partial charge < -0.3 is 5.32 Å². The second-order valence-corrected chi connectivity index (χ2v) is 6.15. The summed E-state index contributed by atoms with van der Waals surface area (Å²) in [6.45, 7) is 7.14. The summed E-state index contributed by atoms with van der Waals surface area (Å²) in [5.74, 6) is 0.853. The Morgan fingerprint density at radius 2 is 2.19 bits per heavy atom. The van der Waals surface area contributed by atoms with Crippen LogP contribution < -0.4 is 5.32 Å². The Bertz CT molecular complexity index is 355. The van der Waals surface area contributed by atoms with E-state index >= 15 is 0 Å². The molecule has 0 bridgehead atoms. The number of nitrogens with one attached hydrogen (secondary N) is 1. The van der Waals surface area contributed by atoms with Gasteiger partial charge in [-0.3, -0.25) is 4.90 Å².